The zero-order valence-corrected chi connectivity index (χ0v) is 11.7. The van der Waals surface area contributed by atoms with Gasteiger partial charge in [-0.2, -0.15) is 0 Å². The highest BCUT2D eigenvalue weighted by Crippen LogP contribution is 2.29. The van der Waals surface area contributed by atoms with E-state index in [1.165, 1.54) is 11.3 Å². The fraction of sp³-hybridized carbons (Fsp3) is 0.417. The van der Waals surface area contributed by atoms with Crippen molar-refractivity contribution in [2.75, 3.05) is 12.4 Å². The average Bonchev–Trinajstić information content (AvgIpc) is 3.03. The van der Waals surface area contributed by atoms with E-state index in [1.54, 1.807) is 6.07 Å². The number of epoxide rings is 1. The van der Waals surface area contributed by atoms with Gasteiger partial charge in [-0.05, 0) is 18.6 Å². The number of aromatic nitrogens is 1. The van der Waals surface area contributed by atoms with Crippen LogP contribution in [0.2, 0.25) is 0 Å². The maximum Gasteiger partial charge on any atom is 0.210 e. The van der Waals surface area contributed by atoms with E-state index in [4.69, 9.17) is 9.84 Å². The van der Waals surface area contributed by atoms with Crippen molar-refractivity contribution in [1.82, 2.24) is 4.98 Å². The number of para-hydroxylation sites is 1. The summed E-state index contributed by atoms with van der Waals surface area (Å²) < 4.78 is 30.5. The third kappa shape index (κ3) is 2.64. The number of thiazole rings is 1. The normalized spacial score (nSPS) is 22.8. The molecule has 0 unspecified atom stereocenters. The van der Waals surface area contributed by atoms with Crippen LogP contribution in [0, 0.1) is 0 Å². The lowest BCUT2D eigenvalue weighted by Crippen LogP contribution is -2.10. The molecule has 102 valence electrons. The summed E-state index contributed by atoms with van der Waals surface area (Å²) in [5.74, 6) is 0.00793. The van der Waals surface area contributed by atoms with Gasteiger partial charge in [-0.25, -0.2) is 13.4 Å². The quantitative estimate of drug-likeness (QED) is 0.840. The number of nitrogens with zero attached hydrogens (tertiary/aromatic N) is 1. The van der Waals surface area contributed by atoms with Gasteiger partial charge in [0.15, 0.2) is 0 Å². The van der Waals surface area contributed by atoms with E-state index in [0.717, 1.165) is 4.70 Å². The van der Waals surface area contributed by atoms with Crippen molar-refractivity contribution in [2.45, 2.75) is 23.0 Å². The second-order valence-electron chi connectivity index (χ2n) is 4.45. The Morgan fingerprint density at radius 3 is 2.79 bits per heavy atom. The van der Waals surface area contributed by atoms with Gasteiger partial charge in [0.05, 0.1) is 28.7 Å². The lowest BCUT2D eigenvalue weighted by Gasteiger charge is -1.97. The highest BCUT2D eigenvalue weighted by atomic mass is 32.2. The van der Waals surface area contributed by atoms with Crippen molar-refractivity contribution < 1.29 is 18.3 Å². The number of hydrogen-bond donors (Lipinski definition) is 1. The molecule has 1 aromatic heterocycles. The number of aliphatic hydroxyl groups excluding tert-OH is 1. The Balaban J connectivity index is 1.76. The van der Waals surface area contributed by atoms with E-state index in [-0.39, 0.29) is 28.9 Å². The Hall–Kier alpha value is -1.02. The van der Waals surface area contributed by atoms with Gasteiger partial charge in [0, 0.05) is 0 Å². The molecule has 3 rings (SSSR count). The molecule has 2 heterocycles. The third-order valence-electron chi connectivity index (χ3n) is 3.08. The zero-order chi connectivity index (χ0) is 13.5. The lowest BCUT2D eigenvalue weighted by atomic mass is 10.3. The molecule has 1 aliphatic heterocycles. The summed E-state index contributed by atoms with van der Waals surface area (Å²) in [6.07, 6.45) is 0.0865. The Morgan fingerprint density at radius 1 is 1.32 bits per heavy atom. The van der Waals surface area contributed by atoms with E-state index >= 15 is 0 Å². The predicted molar refractivity (Wildman–Crippen MR) is 72.0 cm³/mol. The number of fused-ring (bicyclic) bond motifs is 1. The van der Waals surface area contributed by atoms with Crippen LogP contribution in [0.5, 0.6) is 0 Å². The molecule has 19 heavy (non-hydrogen) atoms. The van der Waals surface area contributed by atoms with Crippen molar-refractivity contribution in [1.29, 1.82) is 0 Å². The molecule has 2 aromatic rings. The van der Waals surface area contributed by atoms with Crippen molar-refractivity contribution in [2.24, 2.45) is 0 Å². The first-order valence-electron chi connectivity index (χ1n) is 5.95. The maximum atomic E-state index is 12.2. The van der Waals surface area contributed by atoms with E-state index in [2.05, 4.69) is 4.98 Å². The van der Waals surface area contributed by atoms with Crippen LogP contribution < -0.4 is 0 Å². The number of benzene rings is 1. The second kappa shape index (κ2) is 4.82. The maximum absolute atomic E-state index is 12.2. The molecular weight excluding hydrogens is 286 g/mol. The summed E-state index contributed by atoms with van der Waals surface area (Å²) >= 11 is 1.19. The molecule has 1 fully saturated rings. The molecule has 0 radical (unpaired) electrons. The van der Waals surface area contributed by atoms with Crippen molar-refractivity contribution in [3.8, 4) is 0 Å². The minimum atomic E-state index is -3.36. The topological polar surface area (TPSA) is 79.8 Å². The molecule has 1 aliphatic rings. The molecule has 1 N–H and O–H groups in total. The van der Waals surface area contributed by atoms with Gasteiger partial charge in [0.1, 0.15) is 6.10 Å². The Morgan fingerprint density at radius 2 is 2.11 bits per heavy atom. The summed E-state index contributed by atoms with van der Waals surface area (Å²) in [6, 6.07) is 7.36. The molecule has 5 nitrogen and oxygen atoms in total. The molecule has 0 saturated carbocycles. The SMILES string of the molecule is O=S(=O)(CC[C@@H]1O[C@H]1CO)c1nc2ccccc2s1. The fourth-order valence-electron chi connectivity index (χ4n) is 1.94. The van der Waals surface area contributed by atoms with Crippen LogP contribution in [-0.2, 0) is 14.6 Å². The fourth-order valence-corrected chi connectivity index (χ4v) is 4.62. The summed E-state index contributed by atoms with van der Waals surface area (Å²) in [5, 5.41) is 8.83. The Bertz CT molecular complexity index is 662. The molecule has 1 aromatic carbocycles. The standard InChI is InChI=1S/C12H13NO4S2/c14-7-10-9(17-10)5-6-19(15,16)12-13-8-3-1-2-4-11(8)18-12/h1-4,9-10,14H,5-7H2/t9-,10-/m0/s1. The number of rotatable bonds is 5. The molecule has 0 spiro atoms. The molecule has 2 atom stereocenters. The van der Waals surface area contributed by atoms with Gasteiger partial charge in [0.25, 0.3) is 0 Å². The predicted octanol–water partition coefficient (Wildman–Crippen LogP) is 1.22. The van der Waals surface area contributed by atoms with Crippen LogP contribution in [0.4, 0.5) is 0 Å². The number of hydrogen-bond acceptors (Lipinski definition) is 6. The molecule has 0 amide bonds. The minimum absolute atomic E-state index is 0.00793. The Kier molecular flexibility index (Phi) is 3.30. The van der Waals surface area contributed by atoms with Gasteiger partial charge in [-0.15, -0.1) is 11.3 Å². The summed E-state index contributed by atoms with van der Waals surface area (Å²) in [6.45, 7) is -0.0498. The first kappa shape index (κ1) is 13.0. The summed E-state index contributed by atoms with van der Waals surface area (Å²) in [7, 11) is -3.36. The number of ether oxygens (including phenoxy) is 1. The molecule has 0 bridgehead atoms. The largest absolute Gasteiger partial charge is 0.394 e. The number of aliphatic hydroxyl groups is 1. The van der Waals surface area contributed by atoms with Crippen LogP contribution in [0.1, 0.15) is 6.42 Å². The zero-order valence-electron chi connectivity index (χ0n) is 10.0. The van der Waals surface area contributed by atoms with Gasteiger partial charge in [-0.1, -0.05) is 12.1 Å². The van der Waals surface area contributed by atoms with Crippen LogP contribution in [0.25, 0.3) is 10.2 Å². The minimum Gasteiger partial charge on any atom is -0.394 e. The second-order valence-corrected chi connectivity index (χ2v) is 7.76. The van der Waals surface area contributed by atoms with E-state index in [0.29, 0.717) is 11.9 Å². The molecule has 0 aliphatic carbocycles. The van der Waals surface area contributed by atoms with Crippen LogP contribution in [0.3, 0.4) is 0 Å². The van der Waals surface area contributed by atoms with Crippen molar-refractivity contribution in [3.63, 3.8) is 0 Å². The Labute approximate surface area is 114 Å². The van der Waals surface area contributed by atoms with E-state index in [9.17, 15) is 8.42 Å². The third-order valence-corrected chi connectivity index (χ3v) is 6.32. The molecular formula is C12H13NO4S2. The molecule has 7 heteroatoms. The highest BCUT2D eigenvalue weighted by Gasteiger charge is 2.38. The van der Waals surface area contributed by atoms with Gasteiger partial charge in [-0.3, -0.25) is 0 Å². The first-order chi connectivity index (χ1) is 9.10. The van der Waals surface area contributed by atoms with Crippen LogP contribution in [0.15, 0.2) is 28.6 Å². The van der Waals surface area contributed by atoms with Gasteiger partial charge >= 0.3 is 0 Å². The highest BCUT2D eigenvalue weighted by molar-refractivity contribution is 7.93. The molecule has 1 saturated heterocycles. The van der Waals surface area contributed by atoms with Crippen LogP contribution >= 0.6 is 11.3 Å². The summed E-state index contributed by atoms with van der Waals surface area (Å²) in [5.41, 5.74) is 0.710. The van der Waals surface area contributed by atoms with Crippen molar-refractivity contribution in [3.05, 3.63) is 24.3 Å². The monoisotopic (exact) mass is 299 g/mol. The number of sulfone groups is 1. The van der Waals surface area contributed by atoms with Crippen molar-refractivity contribution >= 4 is 31.4 Å². The van der Waals surface area contributed by atoms with Gasteiger partial charge < -0.3 is 9.84 Å². The van der Waals surface area contributed by atoms with Gasteiger partial charge in [0.2, 0.25) is 14.2 Å². The summed E-state index contributed by atoms with van der Waals surface area (Å²) in [4.78, 5) is 4.16. The first-order valence-corrected chi connectivity index (χ1v) is 8.42. The smallest absolute Gasteiger partial charge is 0.210 e. The lowest BCUT2D eigenvalue weighted by molar-refractivity contribution is 0.242. The van der Waals surface area contributed by atoms with E-state index in [1.807, 2.05) is 18.2 Å². The average molecular weight is 299 g/mol. The van der Waals surface area contributed by atoms with Crippen LogP contribution in [-0.4, -0.2) is 43.1 Å². The van der Waals surface area contributed by atoms with E-state index < -0.39 is 9.84 Å².